The molecular formula is C16H15FN2O2S. The highest BCUT2D eigenvalue weighted by molar-refractivity contribution is 7.98. The third-order valence-corrected chi connectivity index (χ3v) is 3.66. The van der Waals surface area contributed by atoms with Gasteiger partial charge in [-0.05, 0) is 30.5 Å². The number of thioether (sulfide) groups is 1. The molecule has 6 heteroatoms. The number of rotatable bonds is 4. The van der Waals surface area contributed by atoms with Crippen molar-refractivity contribution in [3.8, 4) is 0 Å². The molecule has 0 unspecified atom stereocenters. The third kappa shape index (κ3) is 4.33. The van der Waals surface area contributed by atoms with Crippen molar-refractivity contribution in [3.05, 3.63) is 59.9 Å². The minimum Gasteiger partial charge on any atom is -0.344 e. The van der Waals surface area contributed by atoms with Crippen molar-refractivity contribution < 1.29 is 14.0 Å². The van der Waals surface area contributed by atoms with Crippen LogP contribution in [0, 0.1) is 5.82 Å². The summed E-state index contributed by atoms with van der Waals surface area (Å²) in [6.45, 7) is -0.0379. The summed E-state index contributed by atoms with van der Waals surface area (Å²) in [6.07, 6.45) is 1.92. The Kier molecular flexibility index (Phi) is 5.55. The molecule has 0 atom stereocenters. The first-order chi connectivity index (χ1) is 10.6. The van der Waals surface area contributed by atoms with Gasteiger partial charge in [-0.1, -0.05) is 24.3 Å². The number of carbonyl (C=O) groups excluding carboxylic acids is 2. The van der Waals surface area contributed by atoms with Gasteiger partial charge in [0.2, 0.25) is 0 Å². The molecule has 0 bridgehead atoms. The lowest BCUT2D eigenvalue weighted by molar-refractivity contribution is -0.136. The summed E-state index contributed by atoms with van der Waals surface area (Å²) in [5, 5.41) is 4.90. The van der Waals surface area contributed by atoms with E-state index in [1.54, 1.807) is 36.4 Å². The number of carbonyl (C=O) groups is 2. The molecule has 2 amide bonds. The van der Waals surface area contributed by atoms with Gasteiger partial charge in [-0.2, -0.15) is 0 Å². The van der Waals surface area contributed by atoms with Crippen LogP contribution in [0.2, 0.25) is 0 Å². The molecule has 0 heterocycles. The van der Waals surface area contributed by atoms with E-state index in [4.69, 9.17) is 0 Å². The van der Waals surface area contributed by atoms with Crippen LogP contribution in [0.3, 0.4) is 0 Å². The normalized spacial score (nSPS) is 10.1. The number of nitrogens with one attached hydrogen (secondary N) is 2. The van der Waals surface area contributed by atoms with Crippen LogP contribution in [0.5, 0.6) is 0 Å². The second kappa shape index (κ2) is 7.61. The number of hydrogen-bond donors (Lipinski definition) is 2. The summed E-state index contributed by atoms with van der Waals surface area (Å²) in [5.74, 6) is -2.01. The molecule has 2 aromatic carbocycles. The molecular weight excluding hydrogens is 303 g/mol. The fourth-order valence-corrected chi connectivity index (χ4v) is 2.25. The highest BCUT2D eigenvalue weighted by Crippen LogP contribution is 2.18. The van der Waals surface area contributed by atoms with Crippen LogP contribution in [0.4, 0.5) is 10.1 Å². The Morgan fingerprint density at radius 1 is 1.09 bits per heavy atom. The number of benzene rings is 2. The molecule has 0 spiro atoms. The van der Waals surface area contributed by atoms with E-state index in [0.29, 0.717) is 11.3 Å². The van der Waals surface area contributed by atoms with E-state index in [1.807, 2.05) is 12.3 Å². The Hall–Kier alpha value is -2.34. The van der Waals surface area contributed by atoms with Crippen LogP contribution in [-0.4, -0.2) is 18.1 Å². The van der Waals surface area contributed by atoms with Crippen molar-refractivity contribution in [1.29, 1.82) is 0 Å². The van der Waals surface area contributed by atoms with Crippen molar-refractivity contribution in [2.75, 3.05) is 11.6 Å². The Morgan fingerprint density at radius 3 is 2.59 bits per heavy atom. The summed E-state index contributed by atoms with van der Waals surface area (Å²) in [5.41, 5.74) is 0.867. The predicted molar refractivity (Wildman–Crippen MR) is 85.1 cm³/mol. The molecule has 0 aliphatic carbocycles. The minimum atomic E-state index is -0.808. The molecule has 4 nitrogen and oxygen atoms in total. The topological polar surface area (TPSA) is 58.2 Å². The lowest BCUT2D eigenvalue weighted by Gasteiger charge is -2.08. The average Bonchev–Trinajstić information content (AvgIpc) is 2.54. The first kappa shape index (κ1) is 16.0. The Morgan fingerprint density at radius 2 is 1.86 bits per heavy atom. The molecule has 0 aromatic heterocycles. The van der Waals surface area contributed by atoms with Gasteiger partial charge in [-0.3, -0.25) is 9.59 Å². The van der Waals surface area contributed by atoms with Crippen molar-refractivity contribution in [2.45, 2.75) is 11.4 Å². The standard InChI is InChI=1S/C16H15FN2O2S/c1-22-13-7-4-6-12(9-13)19-16(21)15(20)18-10-11-5-2-3-8-14(11)17/h2-9H,10H2,1H3,(H,18,20)(H,19,21). The third-order valence-electron chi connectivity index (χ3n) is 2.93. The molecule has 2 aromatic rings. The summed E-state index contributed by atoms with van der Waals surface area (Å²) in [4.78, 5) is 24.5. The highest BCUT2D eigenvalue weighted by Gasteiger charge is 2.14. The maximum atomic E-state index is 13.4. The Balaban J connectivity index is 1.92. The zero-order chi connectivity index (χ0) is 15.9. The maximum absolute atomic E-state index is 13.4. The van der Waals surface area contributed by atoms with Gasteiger partial charge >= 0.3 is 11.8 Å². The molecule has 0 saturated heterocycles. The quantitative estimate of drug-likeness (QED) is 0.673. The van der Waals surface area contributed by atoms with Gasteiger partial charge in [-0.25, -0.2) is 4.39 Å². The summed E-state index contributed by atoms with van der Waals surface area (Å²) in [6, 6.07) is 13.2. The number of halogens is 1. The highest BCUT2D eigenvalue weighted by atomic mass is 32.2. The summed E-state index contributed by atoms with van der Waals surface area (Å²) >= 11 is 1.53. The van der Waals surface area contributed by atoms with E-state index in [2.05, 4.69) is 10.6 Å². The Bertz CT molecular complexity index is 691. The SMILES string of the molecule is CSc1cccc(NC(=O)C(=O)NCc2ccccc2F)c1. The van der Waals surface area contributed by atoms with E-state index in [0.717, 1.165) is 4.90 Å². The lowest BCUT2D eigenvalue weighted by atomic mass is 10.2. The van der Waals surface area contributed by atoms with Gasteiger partial charge in [0, 0.05) is 22.7 Å². The molecule has 0 fully saturated rings. The average molecular weight is 318 g/mol. The van der Waals surface area contributed by atoms with Crippen molar-refractivity contribution in [1.82, 2.24) is 5.32 Å². The minimum absolute atomic E-state index is 0.0379. The molecule has 2 rings (SSSR count). The van der Waals surface area contributed by atoms with Crippen LogP contribution in [0.15, 0.2) is 53.4 Å². The number of anilines is 1. The van der Waals surface area contributed by atoms with E-state index >= 15 is 0 Å². The van der Waals surface area contributed by atoms with Crippen molar-refractivity contribution in [2.24, 2.45) is 0 Å². The Labute approximate surface area is 132 Å². The van der Waals surface area contributed by atoms with Crippen LogP contribution in [0.25, 0.3) is 0 Å². The van der Waals surface area contributed by atoms with Gasteiger partial charge < -0.3 is 10.6 Å². The van der Waals surface area contributed by atoms with Crippen molar-refractivity contribution >= 4 is 29.3 Å². The van der Waals surface area contributed by atoms with Gasteiger partial charge in [0.15, 0.2) is 0 Å². The largest absolute Gasteiger partial charge is 0.344 e. The smallest absolute Gasteiger partial charge is 0.313 e. The number of hydrogen-bond acceptors (Lipinski definition) is 3. The second-order valence-corrected chi connectivity index (χ2v) is 5.34. The molecule has 22 heavy (non-hydrogen) atoms. The van der Waals surface area contributed by atoms with Crippen LogP contribution >= 0.6 is 11.8 Å². The van der Waals surface area contributed by atoms with Gasteiger partial charge in [0.1, 0.15) is 5.82 Å². The van der Waals surface area contributed by atoms with Gasteiger partial charge in [0.05, 0.1) is 0 Å². The molecule has 114 valence electrons. The van der Waals surface area contributed by atoms with E-state index in [9.17, 15) is 14.0 Å². The maximum Gasteiger partial charge on any atom is 0.313 e. The van der Waals surface area contributed by atoms with Crippen LogP contribution in [0.1, 0.15) is 5.56 Å². The molecule has 0 radical (unpaired) electrons. The first-order valence-electron chi connectivity index (χ1n) is 6.57. The molecule has 0 aliphatic heterocycles. The van der Waals surface area contributed by atoms with E-state index in [1.165, 1.54) is 17.8 Å². The predicted octanol–water partition coefficient (Wildman–Crippen LogP) is 2.80. The molecule has 0 aliphatic rings. The van der Waals surface area contributed by atoms with Gasteiger partial charge in [0.25, 0.3) is 0 Å². The van der Waals surface area contributed by atoms with E-state index in [-0.39, 0.29) is 6.54 Å². The first-order valence-corrected chi connectivity index (χ1v) is 7.79. The monoisotopic (exact) mass is 318 g/mol. The van der Waals surface area contributed by atoms with Gasteiger partial charge in [-0.15, -0.1) is 11.8 Å². The molecule has 0 saturated carbocycles. The van der Waals surface area contributed by atoms with E-state index < -0.39 is 17.6 Å². The molecule has 2 N–H and O–H groups in total. The summed E-state index contributed by atoms with van der Waals surface area (Å²) < 4.78 is 13.4. The lowest BCUT2D eigenvalue weighted by Crippen LogP contribution is -2.35. The zero-order valence-corrected chi connectivity index (χ0v) is 12.7. The van der Waals surface area contributed by atoms with Crippen molar-refractivity contribution in [3.63, 3.8) is 0 Å². The summed E-state index contributed by atoms with van der Waals surface area (Å²) in [7, 11) is 0. The fourth-order valence-electron chi connectivity index (χ4n) is 1.79. The van der Waals surface area contributed by atoms with Crippen LogP contribution < -0.4 is 10.6 Å². The van der Waals surface area contributed by atoms with Crippen LogP contribution in [-0.2, 0) is 16.1 Å². The second-order valence-electron chi connectivity index (χ2n) is 4.46. The fraction of sp³-hybridized carbons (Fsp3) is 0.125. The zero-order valence-electron chi connectivity index (χ0n) is 11.9. The number of amides is 2.